The van der Waals surface area contributed by atoms with Gasteiger partial charge in [0.2, 0.25) is 10.0 Å². The molecule has 1 aromatic carbocycles. The lowest BCUT2D eigenvalue weighted by Crippen LogP contribution is -2.58. The number of rotatable bonds is 2. The topological polar surface area (TPSA) is 37.4 Å². The van der Waals surface area contributed by atoms with Crippen molar-refractivity contribution in [1.29, 1.82) is 0 Å². The van der Waals surface area contributed by atoms with Crippen molar-refractivity contribution < 1.29 is 8.42 Å². The van der Waals surface area contributed by atoms with Crippen molar-refractivity contribution in [2.75, 3.05) is 6.54 Å². The number of aryl methyl sites for hydroxylation is 1. The van der Waals surface area contributed by atoms with Crippen LogP contribution in [-0.4, -0.2) is 24.8 Å². The molecule has 0 spiro atoms. The fraction of sp³-hybridized carbons (Fsp3) is 0.500. The van der Waals surface area contributed by atoms with Crippen LogP contribution in [0.2, 0.25) is 0 Å². The van der Waals surface area contributed by atoms with E-state index in [1.54, 1.807) is 16.4 Å². The highest BCUT2D eigenvalue weighted by Crippen LogP contribution is 2.35. The lowest BCUT2D eigenvalue weighted by atomic mass is 9.93. The van der Waals surface area contributed by atoms with Gasteiger partial charge in [-0.1, -0.05) is 17.7 Å². The third-order valence-corrected chi connectivity index (χ3v) is 5.34. The zero-order valence-corrected chi connectivity index (χ0v) is 10.7. The zero-order valence-electron chi connectivity index (χ0n) is 9.90. The fourth-order valence-electron chi connectivity index (χ4n) is 1.93. The van der Waals surface area contributed by atoms with E-state index in [-0.39, 0.29) is 5.54 Å². The predicted molar refractivity (Wildman–Crippen MR) is 63.8 cm³/mol. The van der Waals surface area contributed by atoms with Crippen molar-refractivity contribution >= 4 is 10.0 Å². The van der Waals surface area contributed by atoms with Gasteiger partial charge in [0, 0.05) is 12.1 Å². The van der Waals surface area contributed by atoms with Gasteiger partial charge in [0.05, 0.1) is 4.90 Å². The molecule has 0 N–H and O–H groups in total. The van der Waals surface area contributed by atoms with Crippen LogP contribution in [0.25, 0.3) is 0 Å². The minimum absolute atomic E-state index is 0.232. The summed E-state index contributed by atoms with van der Waals surface area (Å²) in [4.78, 5) is 0.394. The van der Waals surface area contributed by atoms with Gasteiger partial charge in [-0.3, -0.25) is 0 Å². The second kappa shape index (κ2) is 3.57. The highest BCUT2D eigenvalue weighted by Gasteiger charge is 2.44. The summed E-state index contributed by atoms with van der Waals surface area (Å²) >= 11 is 0. The van der Waals surface area contributed by atoms with Gasteiger partial charge in [-0.15, -0.1) is 0 Å². The third kappa shape index (κ3) is 1.76. The molecule has 0 bridgehead atoms. The Kier molecular flexibility index (Phi) is 2.59. The largest absolute Gasteiger partial charge is 0.243 e. The second-order valence-electron chi connectivity index (χ2n) is 4.95. The molecule has 3 nitrogen and oxygen atoms in total. The van der Waals surface area contributed by atoms with E-state index in [9.17, 15) is 8.42 Å². The molecule has 16 heavy (non-hydrogen) atoms. The van der Waals surface area contributed by atoms with E-state index in [0.29, 0.717) is 11.4 Å². The molecular weight excluding hydrogens is 222 g/mol. The maximum absolute atomic E-state index is 12.3. The summed E-state index contributed by atoms with van der Waals surface area (Å²) in [5, 5.41) is 0. The summed E-state index contributed by atoms with van der Waals surface area (Å²) in [6.07, 6.45) is 0.929. The third-order valence-electron chi connectivity index (χ3n) is 3.21. The van der Waals surface area contributed by atoms with Crippen LogP contribution < -0.4 is 0 Å². The van der Waals surface area contributed by atoms with Crippen LogP contribution in [0.5, 0.6) is 0 Å². The molecule has 2 rings (SSSR count). The van der Waals surface area contributed by atoms with Crippen LogP contribution >= 0.6 is 0 Å². The Morgan fingerprint density at radius 2 is 1.75 bits per heavy atom. The van der Waals surface area contributed by atoms with Crippen LogP contribution in [0, 0.1) is 6.92 Å². The molecule has 1 fully saturated rings. The van der Waals surface area contributed by atoms with E-state index in [2.05, 4.69) is 0 Å². The van der Waals surface area contributed by atoms with Gasteiger partial charge in [0.1, 0.15) is 0 Å². The Balaban J connectivity index is 2.36. The quantitative estimate of drug-likeness (QED) is 0.793. The number of hydrogen-bond acceptors (Lipinski definition) is 2. The Hall–Kier alpha value is -0.870. The van der Waals surface area contributed by atoms with Gasteiger partial charge in [-0.2, -0.15) is 4.31 Å². The maximum Gasteiger partial charge on any atom is 0.243 e. The van der Waals surface area contributed by atoms with Crippen molar-refractivity contribution in [1.82, 2.24) is 4.31 Å². The average molecular weight is 239 g/mol. The van der Waals surface area contributed by atoms with Crippen molar-refractivity contribution in [2.45, 2.75) is 37.6 Å². The fourth-order valence-corrected chi connectivity index (χ4v) is 3.74. The highest BCUT2D eigenvalue weighted by molar-refractivity contribution is 7.89. The molecule has 1 saturated heterocycles. The van der Waals surface area contributed by atoms with Crippen molar-refractivity contribution in [3.63, 3.8) is 0 Å². The van der Waals surface area contributed by atoms with E-state index in [1.807, 2.05) is 32.9 Å². The Labute approximate surface area is 97.1 Å². The Morgan fingerprint density at radius 3 is 2.12 bits per heavy atom. The van der Waals surface area contributed by atoms with E-state index >= 15 is 0 Å². The normalized spacial score (nSPS) is 20.4. The Morgan fingerprint density at radius 1 is 1.19 bits per heavy atom. The molecule has 0 aromatic heterocycles. The standard InChI is InChI=1S/C12H17NO2S/c1-10-4-6-11(7-5-10)16(14,15)13-9-8-12(13,2)3/h4-7H,8-9H2,1-3H3. The van der Waals surface area contributed by atoms with E-state index in [4.69, 9.17) is 0 Å². The summed E-state index contributed by atoms with van der Waals surface area (Å²) in [6.45, 7) is 6.50. The molecule has 0 saturated carbocycles. The first-order valence-corrected chi connectivity index (χ1v) is 6.87. The summed E-state index contributed by atoms with van der Waals surface area (Å²) in [6, 6.07) is 7.03. The molecule has 4 heteroatoms. The summed E-state index contributed by atoms with van der Waals surface area (Å²) in [7, 11) is -3.29. The molecule has 88 valence electrons. The molecule has 0 atom stereocenters. The van der Waals surface area contributed by atoms with Crippen LogP contribution in [-0.2, 0) is 10.0 Å². The lowest BCUT2D eigenvalue weighted by Gasteiger charge is -2.46. The van der Waals surface area contributed by atoms with E-state index in [0.717, 1.165) is 12.0 Å². The molecular formula is C12H17NO2S. The van der Waals surface area contributed by atoms with Gasteiger partial charge in [0.25, 0.3) is 0 Å². The minimum Gasteiger partial charge on any atom is -0.207 e. The molecule has 1 heterocycles. The van der Waals surface area contributed by atoms with Crippen LogP contribution in [0.4, 0.5) is 0 Å². The van der Waals surface area contributed by atoms with Gasteiger partial charge in [-0.25, -0.2) is 8.42 Å². The molecule has 0 radical (unpaired) electrons. The number of nitrogens with zero attached hydrogens (tertiary/aromatic N) is 1. The first-order chi connectivity index (χ1) is 7.34. The first-order valence-electron chi connectivity index (χ1n) is 5.43. The molecule has 1 aliphatic heterocycles. The zero-order chi connectivity index (χ0) is 12.0. The molecule has 1 aromatic rings. The maximum atomic E-state index is 12.3. The smallest absolute Gasteiger partial charge is 0.207 e. The number of sulfonamides is 1. The van der Waals surface area contributed by atoms with E-state index in [1.165, 1.54) is 0 Å². The number of hydrogen-bond donors (Lipinski definition) is 0. The summed E-state index contributed by atoms with van der Waals surface area (Å²) < 4.78 is 26.1. The first kappa shape index (κ1) is 11.6. The number of benzene rings is 1. The van der Waals surface area contributed by atoms with E-state index < -0.39 is 10.0 Å². The summed E-state index contributed by atoms with van der Waals surface area (Å²) in [5.41, 5.74) is 0.839. The molecule has 1 aliphatic rings. The Bertz CT molecular complexity index is 488. The molecule has 0 aliphatic carbocycles. The van der Waals surface area contributed by atoms with Crippen molar-refractivity contribution in [3.05, 3.63) is 29.8 Å². The van der Waals surface area contributed by atoms with Crippen LogP contribution in [0.3, 0.4) is 0 Å². The minimum atomic E-state index is -3.29. The van der Waals surface area contributed by atoms with Gasteiger partial charge in [0.15, 0.2) is 0 Å². The lowest BCUT2D eigenvalue weighted by molar-refractivity contribution is 0.110. The summed E-state index contributed by atoms with van der Waals surface area (Å²) in [5.74, 6) is 0. The SMILES string of the molecule is Cc1ccc(S(=O)(=O)N2CCC2(C)C)cc1. The predicted octanol–water partition coefficient (Wildman–Crippen LogP) is 2.17. The average Bonchev–Trinajstić information content (AvgIpc) is 2.16. The van der Waals surface area contributed by atoms with Crippen LogP contribution in [0.15, 0.2) is 29.2 Å². The second-order valence-corrected chi connectivity index (χ2v) is 6.81. The van der Waals surface area contributed by atoms with Crippen molar-refractivity contribution in [3.8, 4) is 0 Å². The van der Waals surface area contributed by atoms with Gasteiger partial charge >= 0.3 is 0 Å². The molecule has 0 amide bonds. The van der Waals surface area contributed by atoms with Gasteiger partial charge < -0.3 is 0 Å². The monoisotopic (exact) mass is 239 g/mol. The van der Waals surface area contributed by atoms with Crippen LogP contribution in [0.1, 0.15) is 25.8 Å². The molecule has 0 unspecified atom stereocenters. The van der Waals surface area contributed by atoms with Crippen molar-refractivity contribution in [2.24, 2.45) is 0 Å². The van der Waals surface area contributed by atoms with Gasteiger partial charge in [-0.05, 0) is 39.3 Å². The highest BCUT2D eigenvalue weighted by atomic mass is 32.2.